The molecule has 0 aromatic heterocycles. The molecule has 1 aliphatic heterocycles. The fourth-order valence-corrected chi connectivity index (χ4v) is 1.09. The molecule has 3 nitrogen and oxygen atoms in total. The third-order valence-corrected chi connectivity index (χ3v) is 1.78. The Morgan fingerprint density at radius 3 is 3.00 bits per heavy atom. The minimum atomic E-state index is 0.492. The maximum Gasteiger partial charge on any atom is 0.383 e. The molecule has 0 atom stereocenters. The van der Waals surface area contributed by atoms with E-state index in [9.17, 15) is 0 Å². The minimum Gasteiger partial charge on any atom is -0.451 e. The number of rotatable bonds is 5. The Labute approximate surface area is 73.8 Å². The van der Waals surface area contributed by atoms with Crippen LogP contribution in [0.3, 0.4) is 0 Å². The van der Waals surface area contributed by atoms with Crippen molar-refractivity contribution in [3.63, 3.8) is 0 Å². The van der Waals surface area contributed by atoms with Crippen molar-refractivity contribution in [2.45, 2.75) is 32.6 Å². The highest BCUT2D eigenvalue weighted by molar-refractivity contribution is 5.68. The van der Waals surface area contributed by atoms with E-state index in [1.54, 1.807) is 0 Å². The van der Waals surface area contributed by atoms with Gasteiger partial charge in [-0.1, -0.05) is 26.2 Å². The SMILES string of the molecule is CCCCCCOC1=NCCO1. The van der Waals surface area contributed by atoms with E-state index in [1.165, 1.54) is 19.3 Å². The molecule has 1 rings (SSSR count). The van der Waals surface area contributed by atoms with E-state index in [1.807, 2.05) is 0 Å². The van der Waals surface area contributed by atoms with Gasteiger partial charge in [0.1, 0.15) is 6.61 Å². The number of hydrogen-bond donors (Lipinski definition) is 0. The van der Waals surface area contributed by atoms with Crippen molar-refractivity contribution >= 4 is 6.08 Å². The molecule has 0 spiro atoms. The zero-order chi connectivity index (χ0) is 8.65. The largest absolute Gasteiger partial charge is 0.451 e. The second kappa shape index (κ2) is 5.86. The van der Waals surface area contributed by atoms with Gasteiger partial charge >= 0.3 is 6.08 Å². The maximum absolute atomic E-state index is 5.28. The standard InChI is InChI=1S/C9H17NO2/c1-2-3-4-5-7-11-9-10-6-8-12-9/h2-8H2,1H3. The number of hydrogen-bond acceptors (Lipinski definition) is 3. The molecule has 0 aromatic carbocycles. The third kappa shape index (κ3) is 3.60. The molecule has 0 saturated heterocycles. The van der Waals surface area contributed by atoms with Crippen molar-refractivity contribution in [3.05, 3.63) is 0 Å². The van der Waals surface area contributed by atoms with Crippen LogP contribution >= 0.6 is 0 Å². The van der Waals surface area contributed by atoms with Crippen LogP contribution in [-0.2, 0) is 9.47 Å². The Morgan fingerprint density at radius 2 is 2.33 bits per heavy atom. The second-order valence-electron chi connectivity index (χ2n) is 2.91. The van der Waals surface area contributed by atoms with Crippen LogP contribution in [0.25, 0.3) is 0 Å². The Morgan fingerprint density at radius 1 is 1.42 bits per heavy atom. The summed E-state index contributed by atoms with van der Waals surface area (Å²) in [5, 5.41) is 0. The van der Waals surface area contributed by atoms with E-state index >= 15 is 0 Å². The highest BCUT2D eigenvalue weighted by Crippen LogP contribution is 2.01. The molecule has 0 fully saturated rings. The molecule has 12 heavy (non-hydrogen) atoms. The summed E-state index contributed by atoms with van der Waals surface area (Å²) in [7, 11) is 0. The molecule has 0 N–H and O–H groups in total. The van der Waals surface area contributed by atoms with Gasteiger partial charge in [-0.15, -0.1) is 0 Å². The number of nitrogens with zero attached hydrogens (tertiary/aromatic N) is 1. The van der Waals surface area contributed by atoms with Crippen LogP contribution < -0.4 is 0 Å². The highest BCUT2D eigenvalue weighted by Gasteiger charge is 2.06. The first kappa shape index (κ1) is 9.36. The molecule has 3 heteroatoms. The van der Waals surface area contributed by atoms with Gasteiger partial charge in [0.15, 0.2) is 0 Å². The fourth-order valence-electron chi connectivity index (χ4n) is 1.09. The third-order valence-electron chi connectivity index (χ3n) is 1.78. The molecule has 0 saturated carbocycles. The predicted octanol–water partition coefficient (Wildman–Crippen LogP) is 1.97. The Balaban J connectivity index is 1.88. The van der Waals surface area contributed by atoms with Gasteiger partial charge < -0.3 is 9.47 Å². The molecule has 1 heterocycles. The van der Waals surface area contributed by atoms with Crippen molar-refractivity contribution in [2.24, 2.45) is 4.99 Å². The minimum absolute atomic E-state index is 0.492. The monoisotopic (exact) mass is 171 g/mol. The summed E-state index contributed by atoms with van der Waals surface area (Å²) in [6, 6.07) is 0. The van der Waals surface area contributed by atoms with Gasteiger partial charge in [-0.3, -0.25) is 0 Å². The molecule has 70 valence electrons. The number of aliphatic imine (C=N–C) groups is 1. The lowest BCUT2D eigenvalue weighted by molar-refractivity contribution is 0.186. The summed E-state index contributed by atoms with van der Waals surface area (Å²) in [5.41, 5.74) is 0. The zero-order valence-electron chi connectivity index (χ0n) is 7.71. The average molecular weight is 171 g/mol. The van der Waals surface area contributed by atoms with Crippen molar-refractivity contribution in [1.82, 2.24) is 0 Å². The molecular formula is C9H17NO2. The van der Waals surface area contributed by atoms with Crippen LogP contribution in [0.4, 0.5) is 0 Å². The molecule has 0 amide bonds. The number of unbranched alkanes of at least 4 members (excludes halogenated alkanes) is 3. The van der Waals surface area contributed by atoms with Crippen LogP contribution in [0.2, 0.25) is 0 Å². The van der Waals surface area contributed by atoms with E-state index in [-0.39, 0.29) is 0 Å². The van der Waals surface area contributed by atoms with Gasteiger partial charge in [-0.25, -0.2) is 4.99 Å². The lowest BCUT2D eigenvalue weighted by atomic mass is 10.2. The topological polar surface area (TPSA) is 30.8 Å². The predicted molar refractivity (Wildman–Crippen MR) is 48.3 cm³/mol. The van der Waals surface area contributed by atoms with E-state index in [4.69, 9.17) is 9.47 Å². The molecule has 1 aliphatic rings. The van der Waals surface area contributed by atoms with Crippen molar-refractivity contribution in [1.29, 1.82) is 0 Å². The second-order valence-corrected chi connectivity index (χ2v) is 2.91. The van der Waals surface area contributed by atoms with Gasteiger partial charge in [-0.05, 0) is 6.42 Å². The quantitative estimate of drug-likeness (QED) is 0.592. The van der Waals surface area contributed by atoms with Gasteiger partial charge in [0.25, 0.3) is 0 Å². The van der Waals surface area contributed by atoms with Crippen LogP contribution in [0.1, 0.15) is 32.6 Å². The smallest absolute Gasteiger partial charge is 0.383 e. The van der Waals surface area contributed by atoms with Gasteiger partial charge in [0, 0.05) is 0 Å². The summed E-state index contributed by atoms with van der Waals surface area (Å²) in [4.78, 5) is 4.03. The maximum atomic E-state index is 5.28. The van der Waals surface area contributed by atoms with E-state index in [0.717, 1.165) is 19.6 Å². The Kier molecular flexibility index (Phi) is 4.57. The van der Waals surface area contributed by atoms with Gasteiger partial charge in [-0.2, -0.15) is 0 Å². The number of ether oxygens (including phenoxy) is 2. The van der Waals surface area contributed by atoms with E-state index in [0.29, 0.717) is 12.7 Å². The first-order valence-electron chi connectivity index (χ1n) is 4.73. The first-order chi connectivity index (χ1) is 5.93. The average Bonchev–Trinajstić information content (AvgIpc) is 2.57. The molecule has 0 bridgehead atoms. The van der Waals surface area contributed by atoms with Gasteiger partial charge in [0.2, 0.25) is 0 Å². The fraction of sp³-hybridized carbons (Fsp3) is 0.889. The van der Waals surface area contributed by atoms with Crippen LogP contribution in [-0.4, -0.2) is 25.8 Å². The molecular weight excluding hydrogens is 154 g/mol. The lowest BCUT2D eigenvalue weighted by Crippen LogP contribution is -2.05. The first-order valence-corrected chi connectivity index (χ1v) is 4.73. The normalized spacial score (nSPS) is 15.6. The summed E-state index contributed by atoms with van der Waals surface area (Å²) >= 11 is 0. The molecule has 0 radical (unpaired) electrons. The lowest BCUT2D eigenvalue weighted by Gasteiger charge is -2.03. The summed E-state index contributed by atoms with van der Waals surface area (Å²) in [6.45, 7) is 4.39. The van der Waals surface area contributed by atoms with E-state index < -0.39 is 0 Å². The van der Waals surface area contributed by atoms with Crippen molar-refractivity contribution in [3.8, 4) is 0 Å². The Bertz CT molecular complexity index is 145. The van der Waals surface area contributed by atoms with Crippen LogP contribution in [0.15, 0.2) is 4.99 Å². The summed E-state index contributed by atoms with van der Waals surface area (Å²) < 4.78 is 10.4. The van der Waals surface area contributed by atoms with Gasteiger partial charge in [0.05, 0.1) is 13.2 Å². The van der Waals surface area contributed by atoms with Crippen molar-refractivity contribution in [2.75, 3.05) is 19.8 Å². The summed E-state index contributed by atoms with van der Waals surface area (Å²) in [6.07, 6.45) is 5.39. The van der Waals surface area contributed by atoms with Crippen molar-refractivity contribution < 1.29 is 9.47 Å². The zero-order valence-corrected chi connectivity index (χ0v) is 7.71. The Hall–Kier alpha value is -0.730. The molecule has 0 aromatic rings. The summed E-state index contributed by atoms with van der Waals surface area (Å²) in [5.74, 6) is 0. The highest BCUT2D eigenvalue weighted by atomic mass is 16.7. The molecule has 0 unspecified atom stereocenters. The van der Waals surface area contributed by atoms with Crippen LogP contribution in [0, 0.1) is 0 Å². The van der Waals surface area contributed by atoms with E-state index in [2.05, 4.69) is 11.9 Å². The molecule has 0 aliphatic carbocycles. The van der Waals surface area contributed by atoms with Crippen LogP contribution in [0.5, 0.6) is 0 Å².